The normalized spacial score (nSPS) is 11.4. The van der Waals surface area contributed by atoms with Crippen LogP contribution < -0.4 is 10.6 Å². The van der Waals surface area contributed by atoms with E-state index >= 15 is 0 Å². The third-order valence-electron chi connectivity index (χ3n) is 4.88. The van der Waals surface area contributed by atoms with Crippen molar-refractivity contribution >= 4 is 23.1 Å². The van der Waals surface area contributed by atoms with Crippen LogP contribution in [0.15, 0.2) is 54.7 Å². The highest BCUT2D eigenvalue weighted by Crippen LogP contribution is 2.35. The number of alkyl halides is 3. The smallest absolute Gasteiger partial charge is 0.340 e. The average Bonchev–Trinajstić information content (AvgIpc) is 2.74. The molecule has 0 saturated carbocycles. The Morgan fingerprint density at radius 1 is 0.774 bits per heavy atom. The number of hydrogen-bond acceptors (Lipinski definition) is 4. The van der Waals surface area contributed by atoms with E-state index in [1.807, 2.05) is 36.4 Å². The number of benzene rings is 2. The Labute approximate surface area is 181 Å². The molecule has 0 atom stereocenters. The van der Waals surface area contributed by atoms with Gasteiger partial charge in [0.25, 0.3) is 0 Å². The molecule has 1 heterocycles. The van der Waals surface area contributed by atoms with Gasteiger partial charge in [0.1, 0.15) is 11.4 Å². The Hall–Kier alpha value is -3.09. The molecule has 7 heteroatoms. The van der Waals surface area contributed by atoms with Crippen molar-refractivity contribution < 1.29 is 13.2 Å². The monoisotopic (exact) mass is 428 g/mol. The average molecular weight is 429 g/mol. The highest BCUT2D eigenvalue weighted by atomic mass is 19.4. The number of nitrogens with one attached hydrogen (secondary N) is 2. The van der Waals surface area contributed by atoms with Crippen LogP contribution in [0.1, 0.15) is 49.8 Å². The van der Waals surface area contributed by atoms with Crippen LogP contribution in [-0.2, 0) is 19.0 Å². The van der Waals surface area contributed by atoms with Gasteiger partial charge in [-0.1, -0.05) is 51.0 Å². The van der Waals surface area contributed by atoms with Gasteiger partial charge in [-0.25, -0.2) is 4.98 Å². The van der Waals surface area contributed by atoms with Crippen molar-refractivity contribution in [3.8, 4) is 0 Å². The van der Waals surface area contributed by atoms with E-state index in [1.165, 1.54) is 5.56 Å². The highest BCUT2D eigenvalue weighted by molar-refractivity contribution is 5.63. The number of rotatable bonds is 9. The lowest BCUT2D eigenvalue weighted by Gasteiger charge is -2.15. The Kier molecular flexibility index (Phi) is 7.50. The molecule has 2 aromatic carbocycles. The third-order valence-corrected chi connectivity index (χ3v) is 4.88. The van der Waals surface area contributed by atoms with E-state index in [2.05, 4.69) is 34.4 Å². The first kappa shape index (κ1) is 22.6. The Morgan fingerprint density at radius 2 is 1.35 bits per heavy atom. The number of unbranched alkanes of at least 4 members (excludes halogenated alkanes) is 1. The third kappa shape index (κ3) is 6.44. The van der Waals surface area contributed by atoms with Crippen LogP contribution in [0.2, 0.25) is 0 Å². The number of hydrogen-bond donors (Lipinski definition) is 2. The molecule has 3 rings (SSSR count). The molecule has 0 amide bonds. The van der Waals surface area contributed by atoms with Gasteiger partial charge in [0.05, 0.1) is 0 Å². The van der Waals surface area contributed by atoms with Crippen LogP contribution >= 0.6 is 0 Å². The largest absolute Gasteiger partial charge is 0.421 e. The summed E-state index contributed by atoms with van der Waals surface area (Å²) in [6, 6.07) is 15.1. The summed E-state index contributed by atoms with van der Waals surface area (Å²) in [4.78, 5) is 7.98. The molecular formula is C24H27F3N4. The number of nitrogens with zero attached hydrogens (tertiary/aromatic N) is 2. The molecule has 4 nitrogen and oxygen atoms in total. The molecule has 2 N–H and O–H groups in total. The maximum atomic E-state index is 13.5. The summed E-state index contributed by atoms with van der Waals surface area (Å²) in [5.74, 6) is -0.188. The molecule has 0 aliphatic heterocycles. The summed E-state index contributed by atoms with van der Waals surface area (Å²) in [6.45, 7) is 4.22. The van der Waals surface area contributed by atoms with Gasteiger partial charge < -0.3 is 10.6 Å². The fourth-order valence-electron chi connectivity index (χ4n) is 3.19. The first-order valence-corrected chi connectivity index (χ1v) is 10.5. The van der Waals surface area contributed by atoms with Gasteiger partial charge in [-0.05, 0) is 54.7 Å². The molecule has 164 valence electrons. The SMILES string of the molecule is CCCCc1ccc(Nc2ncc(C(F)(F)F)c(Nc3ccc(CCC)cc3)n2)cc1. The summed E-state index contributed by atoms with van der Waals surface area (Å²) in [7, 11) is 0. The Morgan fingerprint density at radius 3 is 1.90 bits per heavy atom. The lowest BCUT2D eigenvalue weighted by molar-refractivity contribution is -0.137. The quantitative estimate of drug-likeness (QED) is 0.376. The minimum atomic E-state index is -4.57. The molecule has 3 aromatic rings. The molecule has 0 radical (unpaired) electrons. The van der Waals surface area contributed by atoms with E-state index in [9.17, 15) is 13.2 Å². The van der Waals surface area contributed by atoms with Crippen molar-refractivity contribution in [2.45, 2.75) is 52.1 Å². The fraction of sp³-hybridized carbons (Fsp3) is 0.333. The lowest BCUT2D eigenvalue weighted by Crippen LogP contribution is -2.12. The molecule has 0 bridgehead atoms. The molecule has 0 aliphatic carbocycles. The van der Waals surface area contributed by atoms with Crippen molar-refractivity contribution in [1.82, 2.24) is 9.97 Å². The van der Waals surface area contributed by atoms with E-state index in [1.54, 1.807) is 12.1 Å². The number of halogens is 3. The zero-order valence-electron chi connectivity index (χ0n) is 17.8. The maximum absolute atomic E-state index is 13.5. The number of aryl methyl sites for hydroxylation is 2. The van der Waals surface area contributed by atoms with Gasteiger partial charge in [-0.2, -0.15) is 18.2 Å². The second-order valence-corrected chi connectivity index (χ2v) is 7.45. The van der Waals surface area contributed by atoms with Crippen LogP contribution in [0.25, 0.3) is 0 Å². The first-order chi connectivity index (χ1) is 14.9. The van der Waals surface area contributed by atoms with Crippen molar-refractivity contribution in [1.29, 1.82) is 0 Å². The summed E-state index contributed by atoms with van der Waals surface area (Å²) in [5.41, 5.74) is 2.70. The van der Waals surface area contributed by atoms with Crippen molar-refractivity contribution in [3.63, 3.8) is 0 Å². The van der Waals surface area contributed by atoms with Gasteiger partial charge in [-0.15, -0.1) is 0 Å². The van der Waals surface area contributed by atoms with Crippen molar-refractivity contribution in [2.24, 2.45) is 0 Å². The van der Waals surface area contributed by atoms with Crippen LogP contribution in [0, 0.1) is 0 Å². The molecule has 0 aliphatic rings. The maximum Gasteiger partial charge on any atom is 0.421 e. The topological polar surface area (TPSA) is 49.8 Å². The Bertz CT molecular complexity index is 968. The molecule has 0 fully saturated rings. The van der Waals surface area contributed by atoms with Gasteiger partial charge in [0, 0.05) is 17.6 Å². The van der Waals surface area contributed by atoms with E-state index < -0.39 is 11.7 Å². The van der Waals surface area contributed by atoms with Gasteiger partial charge in [-0.3, -0.25) is 0 Å². The van der Waals surface area contributed by atoms with Crippen molar-refractivity contribution in [3.05, 3.63) is 71.4 Å². The second-order valence-electron chi connectivity index (χ2n) is 7.45. The number of anilines is 4. The zero-order chi connectivity index (χ0) is 22.3. The lowest BCUT2D eigenvalue weighted by atomic mass is 10.1. The van der Waals surface area contributed by atoms with Gasteiger partial charge in [0.2, 0.25) is 5.95 Å². The molecular weight excluding hydrogens is 401 g/mol. The summed E-state index contributed by atoms with van der Waals surface area (Å²) < 4.78 is 40.4. The van der Waals surface area contributed by atoms with E-state index in [0.717, 1.165) is 49.6 Å². The molecule has 31 heavy (non-hydrogen) atoms. The van der Waals surface area contributed by atoms with Gasteiger partial charge >= 0.3 is 6.18 Å². The van der Waals surface area contributed by atoms with E-state index in [4.69, 9.17) is 0 Å². The minimum absolute atomic E-state index is 0.0967. The van der Waals surface area contributed by atoms with E-state index in [-0.39, 0.29) is 11.8 Å². The first-order valence-electron chi connectivity index (χ1n) is 10.5. The van der Waals surface area contributed by atoms with Crippen LogP contribution in [0.3, 0.4) is 0 Å². The summed E-state index contributed by atoms with van der Waals surface area (Å²) >= 11 is 0. The summed E-state index contributed by atoms with van der Waals surface area (Å²) in [6.07, 6.45) is 1.40. The minimum Gasteiger partial charge on any atom is -0.340 e. The molecule has 0 spiro atoms. The highest BCUT2D eigenvalue weighted by Gasteiger charge is 2.35. The standard InChI is InChI=1S/C24H27F3N4/c1-3-5-7-18-10-14-20(15-11-18)30-23-28-16-21(24(25,26)27)22(31-23)29-19-12-8-17(6-4-2)9-13-19/h8-16H,3-7H2,1-2H3,(H2,28,29,30,31). The van der Waals surface area contributed by atoms with Crippen LogP contribution in [-0.4, -0.2) is 9.97 Å². The summed E-state index contributed by atoms with van der Waals surface area (Å²) in [5, 5.41) is 5.78. The molecule has 0 unspecified atom stereocenters. The fourth-order valence-corrected chi connectivity index (χ4v) is 3.19. The molecule has 0 saturated heterocycles. The predicted octanol–water partition coefficient (Wildman–Crippen LogP) is 7.28. The number of aromatic nitrogens is 2. The zero-order valence-corrected chi connectivity index (χ0v) is 17.8. The van der Waals surface area contributed by atoms with Crippen LogP contribution in [0.4, 0.5) is 36.3 Å². The van der Waals surface area contributed by atoms with Gasteiger partial charge in [0.15, 0.2) is 0 Å². The van der Waals surface area contributed by atoms with Crippen LogP contribution in [0.5, 0.6) is 0 Å². The van der Waals surface area contributed by atoms with Crippen molar-refractivity contribution in [2.75, 3.05) is 10.6 Å². The second kappa shape index (κ2) is 10.3. The van der Waals surface area contributed by atoms with E-state index in [0.29, 0.717) is 5.69 Å². The molecule has 1 aromatic heterocycles. The predicted molar refractivity (Wildman–Crippen MR) is 119 cm³/mol. The Balaban J connectivity index is 1.81.